The Hall–Kier alpha value is -3.66. The number of nitrogens with one attached hydrogen (secondary N) is 1. The van der Waals surface area contributed by atoms with Crippen LogP contribution in [0.2, 0.25) is 0 Å². The summed E-state index contributed by atoms with van der Waals surface area (Å²) in [6, 6.07) is 10.1. The molecule has 4 saturated carbocycles. The molecule has 8 nitrogen and oxygen atoms in total. The number of rotatable bonds is 5. The maximum Gasteiger partial charge on any atom is 0.277 e. The fraction of sp³-hybridized carbons (Fsp3) is 0.448. The third-order valence-electron chi connectivity index (χ3n) is 9.04. The molecule has 1 saturated heterocycles. The van der Waals surface area contributed by atoms with Crippen LogP contribution in [0.1, 0.15) is 54.9 Å². The van der Waals surface area contributed by atoms with E-state index in [0.717, 1.165) is 31.4 Å². The van der Waals surface area contributed by atoms with Gasteiger partial charge in [0.2, 0.25) is 5.91 Å². The fourth-order valence-electron chi connectivity index (χ4n) is 7.58. The Labute approximate surface area is 224 Å². The van der Waals surface area contributed by atoms with Crippen LogP contribution in [0.5, 0.6) is 0 Å². The molecule has 0 spiro atoms. The summed E-state index contributed by atoms with van der Waals surface area (Å²) >= 11 is 0. The zero-order valence-electron chi connectivity index (χ0n) is 21.4. The molecule has 3 aromatic rings. The number of amides is 2. The second kappa shape index (κ2) is 9.22. The molecule has 1 aliphatic heterocycles. The van der Waals surface area contributed by atoms with Crippen molar-refractivity contribution in [1.29, 1.82) is 0 Å². The third-order valence-corrected chi connectivity index (χ3v) is 9.04. The van der Waals surface area contributed by atoms with Gasteiger partial charge in [0, 0.05) is 11.3 Å². The average Bonchev–Trinajstić information content (AvgIpc) is 3.58. The van der Waals surface area contributed by atoms with Crippen LogP contribution in [-0.2, 0) is 9.63 Å². The number of hydroxylamine groups is 2. The zero-order chi connectivity index (χ0) is 26.7. The SMILES string of the molecule is O=C(c1ccc(NC(=O)C23CC4CC(CC(C4)C2)C3)cc1)N1C[C@@H](n2cc(-c3c(F)cccc3F)nn2)CO1. The number of aromatic nitrogens is 3. The number of anilines is 1. The van der Waals surface area contributed by atoms with Crippen molar-refractivity contribution in [2.45, 2.75) is 44.6 Å². The first-order valence-electron chi connectivity index (χ1n) is 13.6. The highest BCUT2D eigenvalue weighted by Gasteiger charge is 2.54. The lowest BCUT2D eigenvalue weighted by molar-refractivity contribution is -0.140. The van der Waals surface area contributed by atoms with E-state index in [0.29, 0.717) is 29.0 Å². The van der Waals surface area contributed by atoms with Crippen molar-refractivity contribution >= 4 is 17.5 Å². The number of hydrogen-bond donors (Lipinski definition) is 1. The van der Waals surface area contributed by atoms with E-state index in [4.69, 9.17) is 4.84 Å². The summed E-state index contributed by atoms with van der Waals surface area (Å²) in [6.45, 7) is 0.361. The van der Waals surface area contributed by atoms with Crippen LogP contribution in [0.15, 0.2) is 48.7 Å². The first-order chi connectivity index (χ1) is 18.9. The van der Waals surface area contributed by atoms with Gasteiger partial charge in [0.05, 0.1) is 36.4 Å². The minimum atomic E-state index is -0.723. The number of halogens is 2. The molecule has 0 radical (unpaired) electrons. The van der Waals surface area contributed by atoms with Gasteiger partial charge in [-0.05, 0) is 92.7 Å². The lowest BCUT2D eigenvalue weighted by Gasteiger charge is -2.55. The normalized spacial score (nSPS) is 29.1. The maximum atomic E-state index is 14.1. The largest absolute Gasteiger partial charge is 0.326 e. The van der Waals surface area contributed by atoms with E-state index in [9.17, 15) is 18.4 Å². The Kier molecular flexibility index (Phi) is 5.77. The lowest BCUT2D eigenvalue weighted by Crippen LogP contribution is -2.51. The van der Waals surface area contributed by atoms with E-state index in [1.54, 1.807) is 24.3 Å². The Morgan fingerprint density at radius 2 is 1.59 bits per heavy atom. The monoisotopic (exact) mass is 533 g/mol. The van der Waals surface area contributed by atoms with Crippen LogP contribution in [0, 0.1) is 34.8 Å². The molecule has 5 fully saturated rings. The van der Waals surface area contributed by atoms with E-state index in [2.05, 4.69) is 15.6 Å². The van der Waals surface area contributed by atoms with Crippen molar-refractivity contribution in [2.75, 3.05) is 18.5 Å². The minimum Gasteiger partial charge on any atom is -0.326 e. The Bertz CT molecular complexity index is 1380. The van der Waals surface area contributed by atoms with Crippen LogP contribution in [0.3, 0.4) is 0 Å². The molecule has 1 aromatic heterocycles. The van der Waals surface area contributed by atoms with Crippen LogP contribution < -0.4 is 5.32 Å². The van der Waals surface area contributed by atoms with Gasteiger partial charge in [-0.3, -0.25) is 14.4 Å². The summed E-state index contributed by atoms with van der Waals surface area (Å²) in [5.74, 6) is 0.423. The van der Waals surface area contributed by atoms with Crippen molar-refractivity contribution in [3.8, 4) is 11.3 Å². The molecular formula is C29H29F2N5O3. The highest BCUT2D eigenvalue weighted by atomic mass is 19.1. The molecule has 2 aromatic carbocycles. The number of nitrogens with zero attached hydrogens (tertiary/aromatic N) is 4. The van der Waals surface area contributed by atoms with Gasteiger partial charge < -0.3 is 5.32 Å². The van der Waals surface area contributed by atoms with Gasteiger partial charge in [-0.2, -0.15) is 0 Å². The standard InChI is InChI=1S/C29H29F2N5O3/c30-23-2-1-3-24(31)26(23)25-15-35(34-33-25)22-14-36(39-16-22)27(37)20-4-6-21(7-5-20)32-28(38)29-11-17-8-18(12-29)10-19(9-17)13-29/h1-7,15,17-19,22H,8-14,16H2,(H,32,38)/t17?,18?,19?,22-,29?/m1/s1. The van der Waals surface area contributed by atoms with Crippen LogP contribution in [0.4, 0.5) is 14.5 Å². The first kappa shape index (κ1) is 24.4. The Morgan fingerprint density at radius 1 is 0.949 bits per heavy atom. The molecular weight excluding hydrogens is 504 g/mol. The van der Waals surface area contributed by atoms with E-state index < -0.39 is 11.6 Å². The van der Waals surface area contributed by atoms with Gasteiger partial charge in [0.25, 0.3) is 5.91 Å². The molecule has 39 heavy (non-hydrogen) atoms. The molecule has 1 N–H and O–H groups in total. The summed E-state index contributed by atoms with van der Waals surface area (Å²) in [7, 11) is 0. The molecule has 4 aliphatic carbocycles. The van der Waals surface area contributed by atoms with Gasteiger partial charge in [0.15, 0.2) is 0 Å². The quantitative estimate of drug-likeness (QED) is 0.498. The second-order valence-electron chi connectivity index (χ2n) is 11.7. The van der Waals surface area contributed by atoms with Crippen LogP contribution in [0.25, 0.3) is 11.3 Å². The predicted molar refractivity (Wildman–Crippen MR) is 137 cm³/mol. The Balaban J connectivity index is 0.989. The first-order valence-corrected chi connectivity index (χ1v) is 13.6. The fourth-order valence-corrected chi connectivity index (χ4v) is 7.58. The molecule has 5 aliphatic rings. The Morgan fingerprint density at radius 3 is 2.23 bits per heavy atom. The van der Waals surface area contributed by atoms with Crippen molar-refractivity contribution in [3.63, 3.8) is 0 Å². The smallest absolute Gasteiger partial charge is 0.277 e. The van der Waals surface area contributed by atoms with E-state index in [1.165, 1.54) is 41.3 Å². The van der Waals surface area contributed by atoms with Gasteiger partial charge in [-0.25, -0.2) is 18.5 Å². The summed E-state index contributed by atoms with van der Waals surface area (Å²) < 4.78 is 29.7. The van der Waals surface area contributed by atoms with Crippen molar-refractivity contribution < 1.29 is 23.2 Å². The topological polar surface area (TPSA) is 89.4 Å². The number of carbonyl (C=O) groups is 2. The summed E-state index contributed by atoms with van der Waals surface area (Å²) in [4.78, 5) is 32.0. The van der Waals surface area contributed by atoms with E-state index in [-0.39, 0.29) is 47.7 Å². The van der Waals surface area contributed by atoms with Crippen molar-refractivity contribution in [1.82, 2.24) is 20.1 Å². The van der Waals surface area contributed by atoms with Gasteiger partial charge in [-0.15, -0.1) is 5.10 Å². The minimum absolute atomic E-state index is 0.0709. The zero-order valence-corrected chi connectivity index (χ0v) is 21.4. The van der Waals surface area contributed by atoms with Crippen molar-refractivity contribution in [3.05, 3.63) is 65.9 Å². The maximum absolute atomic E-state index is 14.1. The predicted octanol–water partition coefficient (Wildman–Crippen LogP) is 5.01. The number of benzene rings is 2. The van der Waals surface area contributed by atoms with Gasteiger partial charge in [-0.1, -0.05) is 11.3 Å². The van der Waals surface area contributed by atoms with Crippen molar-refractivity contribution in [2.24, 2.45) is 23.2 Å². The summed E-state index contributed by atoms with van der Waals surface area (Å²) in [5.41, 5.74) is 0.702. The van der Waals surface area contributed by atoms with Gasteiger partial charge >= 0.3 is 0 Å². The number of hydrogen-bond acceptors (Lipinski definition) is 5. The van der Waals surface area contributed by atoms with Crippen LogP contribution in [-0.4, -0.2) is 45.0 Å². The molecule has 2 amide bonds. The molecule has 202 valence electrons. The molecule has 2 heterocycles. The highest BCUT2D eigenvalue weighted by molar-refractivity contribution is 5.97. The molecule has 10 heteroatoms. The van der Waals surface area contributed by atoms with Crippen LogP contribution >= 0.6 is 0 Å². The summed E-state index contributed by atoms with van der Waals surface area (Å²) in [6.07, 6.45) is 8.29. The molecule has 8 rings (SSSR count). The number of carbonyl (C=O) groups excluding carboxylic acids is 2. The van der Waals surface area contributed by atoms with E-state index in [1.807, 2.05) is 0 Å². The molecule has 4 bridgehead atoms. The average molecular weight is 534 g/mol. The molecule has 0 unspecified atom stereocenters. The van der Waals surface area contributed by atoms with E-state index >= 15 is 0 Å². The second-order valence-corrected chi connectivity index (χ2v) is 11.7. The van der Waals surface area contributed by atoms with Gasteiger partial charge in [0.1, 0.15) is 17.3 Å². The highest BCUT2D eigenvalue weighted by Crippen LogP contribution is 2.60. The lowest BCUT2D eigenvalue weighted by atomic mass is 9.49. The summed E-state index contributed by atoms with van der Waals surface area (Å²) in [5, 5.41) is 12.3. The molecule has 1 atom stereocenters. The third kappa shape index (κ3) is 4.30.